The van der Waals surface area contributed by atoms with Gasteiger partial charge >= 0.3 is 0 Å². The van der Waals surface area contributed by atoms with Crippen molar-refractivity contribution in [2.75, 3.05) is 24.4 Å². The van der Waals surface area contributed by atoms with Crippen LogP contribution in [0.1, 0.15) is 51.4 Å². The van der Waals surface area contributed by atoms with Gasteiger partial charge < -0.3 is 4.74 Å². The zero-order chi connectivity index (χ0) is 16.3. The third-order valence-corrected chi connectivity index (χ3v) is 8.75. The summed E-state index contributed by atoms with van der Waals surface area (Å²) in [4.78, 5) is 0. The fourth-order valence-electron chi connectivity index (χ4n) is 4.32. The molecule has 4 nitrogen and oxygen atoms in total. The molecule has 2 heterocycles. The molecule has 3 fully saturated rings. The minimum Gasteiger partial charge on any atom is -0.363 e. The van der Waals surface area contributed by atoms with Crippen LogP contribution < -0.4 is 5.32 Å². The normalized spacial score (nSPS) is 39.4. The summed E-state index contributed by atoms with van der Waals surface area (Å²) in [6.07, 6.45) is 10.2. The van der Waals surface area contributed by atoms with Crippen LogP contribution in [-0.2, 0) is 14.6 Å². The van der Waals surface area contributed by atoms with E-state index in [2.05, 4.69) is 5.32 Å². The molecule has 0 amide bonds. The van der Waals surface area contributed by atoms with E-state index >= 15 is 0 Å². The highest BCUT2D eigenvalue weighted by molar-refractivity contribution is 7.99. The number of thioether (sulfide) groups is 1. The molecule has 0 bridgehead atoms. The van der Waals surface area contributed by atoms with Crippen molar-refractivity contribution in [3.8, 4) is 0 Å². The smallest absolute Gasteiger partial charge is 0.150 e. The highest BCUT2D eigenvalue weighted by atomic mass is 32.2. The van der Waals surface area contributed by atoms with Crippen molar-refractivity contribution in [2.24, 2.45) is 11.8 Å². The van der Waals surface area contributed by atoms with Gasteiger partial charge in [-0.05, 0) is 74.7 Å². The first-order chi connectivity index (χ1) is 11.0. The van der Waals surface area contributed by atoms with Crippen LogP contribution in [0.3, 0.4) is 0 Å². The van der Waals surface area contributed by atoms with Crippen LogP contribution in [0.15, 0.2) is 0 Å². The SMILES string of the molecule is CS(=O)(=O)C1CCC(C2CCCC(OCC3CCSC3)N2)CC1. The largest absolute Gasteiger partial charge is 0.363 e. The maximum Gasteiger partial charge on any atom is 0.150 e. The summed E-state index contributed by atoms with van der Waals surface area (Å²) in [5.74, 6) is 3.91. The first kappa shape index (κ1) is 18.0. The van der Waals surface area contributed by atoms with Crippen LogP contribution in [0, 0.1) is 11.8 Å². The number of sulfone groups is 1. The lowest BCUT2D eigenvalue weighted by Crippen LogP contribution is -2.49. The molecule has 0 spiro atoms. The Hall–Kier alpha value is 0.220. The number of nitrogens with one attached hydrogen (secondary N) is 1. The van der Waals surface area contributed by atoms with Crippen molar-refractivity contribution < 1.29 is 13.2 Å². The Kier molecular flexibility index (Phi) is 6.32. The van der Waals surface area contributed by atoms with Crippen LogP contribution in [0.25, 0.3) is 0 Å². The first-order valence-electron chi connectivity index (χ1n) is 9.16. The van der Waals surface area contributed by atoms with Gasteiger partial charge in [-0.15, -0.1) is 0 Å². The monoisotopic (exact) mass is 361 g/mol. The number of piperidine rings is 1. The first-order valence-corrected chi connectivity index (χ1v) is 12.3. The van der Waals surface area contributed by atoms with E-state index in [0.29, 0.717) is 12.0 Å². The van der Waals surface area contributed by atoms with Gasteiger partial charge in [-0.25, -0.2) is 8.42 Å². The quantitative estimate of drug-likeness (QED) is 0.816. The summed E-state index contributed by atoms with van der Waals surface area (Å²) >= 11 is 2.04. The zero-order valence-electron chi connectivity index (χ0n) is 14.2. The highest BCUT2D eigenvalue weighted by Crippen LogP contribution is 2.34. The second-order valence-electron chi connectivity index (χ2n) is 7.62. The molecule has 1 N–H and O–H groups in total. The number of rotatable bonds is 5. The number of hydrogen-bond acceptors (Lipinski definition) is 5. The van der Waals surface area contributed by atoms with Gasteiger partial charge in [0, 0.05) is 12.3 Å². The zero-order valence-corrected chi connectivity index (χ0v) is 15.8. The lowest BCUT2D eigenvalue weighted by Gasteiger charge is -2.39. The van der Waals surface area contributed by atoms with Crippen molar-refractivity contribution in [1.29, 1.82) is 0 Å². The van der Waals surface area contributed by atoms with Crippen molar-refractivity contribution in [3.05, 3.63) is 0 Å². The Labute approximate surface area is 145 Å². The van der Waals surface area contributed by atoms with Gasteiger partial charge in [0.05, 0.1) is 11.9 Å². The molecule has 1 saturated carbocycles. The molecule has 1 aliphatic carbocycles. The summed E-state index contributed by atoms with van der Waals surface area (Å²) in [7, 11) is -2.86. The predicted octanol–water partition coefficient (Wildman–Crippen LogP) is 2.83. The molecule has 3 aliphatic rings. The molecular formula is C17H31NO3S2. The van der Waals surface area contributed by atoms with Crippen molar-refractivity contribution in [2.45, 2.75) is 68.9 Å². The van der Waals surface area contributed by atoms with Crippen LogP contribution in [0.2, 0.25) is 0 Å². The highest BCUT2D eigenvalue weighted by Gasteiger charge is 2.34. The van der Waals surface area contributed by atoms with Crippen molar-refractivity contribution >= 4 is 21.6 Å². The second-order valence-corrected chi connectivity index (χ2v) is 11.1. The standard InChI is InChI=1S/C17H31NO3S2/c1-23(19,20)15-7-5-14(6-8-15)16-3-2-4-17(18-16)21-11-13-9-10-22-12-13/h13-18H,2-12H2,1H3. The Morgan fingerprint density at radius 2 is 1.87 bits per heavy atom. The van der Waals surface area contributed by atoms with E-state index in [1.807, 2.05) is 11.8 Å². The minimum absolute atomic E-state index is 0.103. The van der Waals surface area contributed by atoms with E-state index in [1.54, 1.807) is 0 Å². The maximum atomic E-state index is 11.7. The van der Waals surface area contributed by atoms with E-state index in [4.69, 9.17) is 4.74 Å². The molecule has 2 aliphatic heterocycles. The molecule has 2 saturated heterocycles. The molecule has 23 heavy (non-hydrogen) atoms. The predicted molar refractivity (Wildman–Crippen MR) is 96.5 cm³/mol. The van der Waals surface area contributed by atoms with Crippen LogP contribution in [-0.4, -0.2) is 50.3 Å². The third kappa shape index (κ3) is 5.10. The van der Waals surface area contributed by atoms with Gasteiger partial charge in [0.1, 0.15) is 16.1 Å². The lowest BCUT2D eigenvalue weighted by molar-refractivity contribution is -0.0227. The number of ether oxygens (including phenoxy) is 1. The van der Waals surface area contributed by atoms with Crippen LogP contribution in [0.5, 0.6) is 0 Å². The molecule has 3 unspecified atom stereocenters. The average Bonchev–Trinajstić information content (AvgIpc) is 3.06. The average molecular weight is 362 g/mol. The summed E-state index contributed by atoms with van der Waals surface area (Å²) < 4.78 is 29.5. The summed E-state index contributed by atoms with van der Waals surface area (Å²) in [5, 5.41) is 3.62. The molecule has 134 valence electrons. The number of hydrogen-bond donors (Lipinski definition) is 1. The topological polar surface area (TPSA) is 55.4 Å². The summed E-state index contributed by atoms with van der Waals surface area (Å²) in [6.45, 7) is 0.901. The minimum atomic E-state index is -2.86. The van der Waals surface area contributed by atoms with Crippen LogP contribution >= 0.6 is 11.8 Å². The summed E-state index contributed by atoms with van der Waals surface area (Å²) in [5.41, 5.74) is 0. The third-order valence-electron chi connectivity index (χ3n) is 5.83. The molecule has 3 atom stereocenters. The van der Waals surface area contributed by atoms with Crippen molar-refractivity contribution in [3.63, 3.8) is 0 Å². The van der Waals surface area contributed by atoms with Gasteiger partial charge in [-0.3, -0.25) is 5.32 Å². The van der Waals surface area contributed by atoms with Gasteiger partial charge in [0.25, 0.3) is 0 Å². The van der Waals surface area contributed by atoms with Crippen LogP contribution in [0.4, 0.5) is 0 Å². The Morgan fingerprint density at radius 1 is 1.09 bits per heavy atom. The molecule has 3 rings (SSSR count). The molecule has 6 heteroatoms. The Morgan fingerprint density at radius 3 is 2.52 bits per heavy atom. The molecule has 0 aromatic carbocycles. The van der Waals surface area contributed by atoms with E-state index in [-0.39, 0.29) is 11.5 Å². The van der Waals surface area contributed by atoms with E-state index in [1.165, 1.54) is 37.0 Å². The Bertz CT molecular complexity index is 468. The molecule has 0 aromatic rings. The van der Waals surface area contributed by atoms with E-state index in [9.17, 15) is 8.42 Å². The molecule has 0 aromatic heterocycles. The maximum absolute atomic E-state index is 11.7. The van der Waals surface area contributed by atoms with E-state index < -0.39 is 9.84 Å². The molecular weight excluding hydrogens is 330 g/mol. The van der Waals surface area contributed by atoms with Crippen molar-refractivity contribution in [1.82, 2.24) is 5.32 Å². The molecule has 0 radical (unpaired) electrons. The summed E-state index contributed by atoms with van der Waals surface area (Å²) in [6, 6.07) is 0.521. The van der Waals surface area contributed by atoms with Gasteiger partial charge in [0.2, 0.25) is 0 Å². The fraction of sp³-hybridized carbons (Fsp3) is 1.00. The van der Waals surface area contributed by atoms with Gasteiger partial charge in [-0.1, -0.05) is 0 Å². The van der Waals surface area contributed by atoms with Gasteiger partial charge in [-0.2, -0.15) is 11.8 Å². The van der Waals surface area contributed by atoms with E-state index in [0.717, 1.165) is 44.6 Å². The van der Waals surface area contributed by atoms with Gasteiger partial charge in [0.15, 0.2) is 0 Å². The Balaban J connectivity index is 1.43. The fourth-order valence-corrected chi connectivity index (χ4v) is 6.71. The second kappa shape index (κ2) is 8.07. The lowest BCUT2D eigenvalue weighted by atomic mass is 9.80.